The van der Waals surface area contributed by atoms with E-state index in [-0.39, 0.29) is 18.4 Å². The van der Waals surface area contributed by atoms with Crippen molar-refractivity contribution in [3.63, 3.8) is 0 Å². The molecular weight excluding hydrogens is 326 g/mol. The smallest absolute Gasteiger partial charge is 0.312 e. The summed E-state index contributed by atoms with van der Waals surface area (Å²) in [5.41, 5.74) is 7.21. The van der Waals surface area contributed by atoms with Gasteiger partial charge in [-0.25, -0.2) is 4.79 Å². The van der Waals surface area contributed by atoms with Gasteiger partial charge in [-0.15, -0.1) is 0 Å². The topological polar surface area (TPSA) is 84.2 Å². The molecule has 26 heavy (non-hydrogen) atoms. The lowest BCUT2D eigenvalue weighted by Gasteiger charge is -2.23. The van der Waals surface area contributed by atoms with Crippen molar-refractivity contribution in [2.24, 2.45) is 11.7 Å². The number of primary amides is 1. The number of urea groups is 1. The molecule has 0 heterocycles. The van der Waals surface area contributed by atoms with Crippen LogP contribution in [0.3, 0.4) is 0 Å². The second-order valence-electron chi connectivity index (χ2n) is 6.84. The number of amides is 3. The average molecular weight is 353 g/mol. The Morgan fingerprint density at radius 2 is 1.35 bits per heavy atom. The van der Waals surface area contributed by atoms with Gasteiger partial charge in [-0.1, -0.05) is 74.5 Å². The maximum absolute atomic E-state index is 12.7. The summed E-state index contributed by atoms with van der Waals surface area (Å²) >= 11 is 0. The number of rotatable bonds is 8. The molecular formula is C21H27N3O2. The third-order valence-corrected chi connectivity index (χ3v) is 4.15. The maximum Gasteiger partial charge on any atom is 0.312 e. The molecule has 0 radical (unpaired) electrons. The summed E-state index contributed by atoms with van der Waals surface area (Å²) in [5, 5.41) is 5.77. The van der Waals surface area contributed by atoms with Gasteiger partial charge in [-0.3, -0.25) is 4.79 Å². The first-order valence-electron chi connectivity index (χ1n) is 8.91. The van der Waals surface area contributed by atoms with Gasteiger partial charge in [0.2, 0.25) is 5.91 Å². The standard InChI is InChI=1S/C21H27N3O2/c1-15(2)13-18(16-9-5-3-6-10-16)23-20(25)14-19(24-21(22)26)17-11-7-4-8-12-17/h3-12,15,18-19H,13-14H2,1-2H3,(H,23,25)(H3,22,24,26). The predicted octanol–water partition coefficient (Wildman–Crippen LogP) is 3.69. The van der Waals surface area contributed by atoms with Crippen LogP contribution in [0.25, 0.3) is 0 Å². The summed E-state index contributed by atoms with van der Waals surface area (Å²) in [6.07, 6.45) is 0.976. The van der Waals surface area contributed by atoms with Gasteiger partial charge in [0.25, 0.3) is 0 Å². The normalized spacial score (nSPS) is 13.0. The number of carbonyl (C=O) groups excluding carboxylic acids is 2. The molecule has 2 unspecified atom stereocenters. The summed E-state index contributed by atoms with van der Waals surface area (Å²) in [5.74, 6) is 0.316. The molecule has 0 aromatic heterocycles. The fourth-order valence-electron chi connectivity index (χ4n) is 2.98. The highest BCUT2D eigenvalue weighted by atomic mass is 16.2. The van der Waals surface area contributed by atoms with E-state index in [9.17, 15) is 9.59 Å². The zero-order valence-corrected chi connectivity index (χ0v) is 15.3. The third-order valence-electron chi connectivity index (χ3n) is 4.15. The summed E-state index contributed by atoms with van der Waals surface area (Å²) in [7, 11) is 0. The second-order valence-corrected chi connectivity index (χ2v) is 6.84. The van der Waals surface area contributed by atoms with Crippen LogP contribution in [0.1, 0.15) is 49.9 Å². The number of nitrogens with one attached hydrogen (secondary N) is 2. The van der Waals surface area contributed by atoms with E-state index in [0.29, 0.717) is 5.92 Å². The van der Waals surface area contributed by atoms with E-state index in [1.54, 1.807) is 0 Å². The monoisotopic (exact) mass is 353 g/mol. The Balaban J connectivity index is 2.10. The predicted molar refractivity (Wildman–Crippen MR) is 103 cm³/mol. The van der Waals surface area contributed by atoms with Crippen LogP contribution in [0, 0.1) is 5.92 Å². The molecule has 4 N–H and O–H groups in total. The van der Waals surface area contributed by atoms with Gasteiger partial charge in [0.05, 0.1) is 18.5 Å². The van der Waals surface area contributed by atoms with E-state index in [1.807, 2.05) is 60.7 Å². The van der Waals surface area contributed by atoms with Crippen molar-refractivity contribution in [3.05, 3.63) is 71.8 Å². The Labute approximate surface area is 155 Å². The van der Waals surface area contributed by atoms with Crippen molar-refractivity contribution in [2.75, 3.05) is 0 Å². The second kappa shape index (κ2) is 9.61. The van der Waals surface area contributed by atoms with Gasteiger partial charge in [0, 0.05) is 0 Å². The van der Waals surface area contributed by atoms with E-state index in [4.69, 9.17) is 5.73 Å². The van der Waals surface area contributed by atoms with Crippen LogP contribution in [0.2, 0.25) is 0 Å². The molecule has 0 spiro atoms. The van der Waals surface area contributed by atoms with Crippen LogP contribution in [-0.4, -0.2) is 11.9 Å². The van der Waals surface area contributed by atoms with E-state index in [2.05, 4.69) is 24.5 Å². The van der Waals surface area contributed by atoms with Crippen LogP contribution in [-0.2, 0) is 4.79 Å². The molecule has 5 nitrogen and oxygen atoms in total. The zero-order valence-electron chi connectivity index (χ0n) is 15.3. The molecule has 0 fully saturated rings. The molecule has 2 aromatic rings. The molecule has 5 heteroatoms. The molecule has 0 aliphatic carbocycles. The molecule has 0 bridgehead atoms. The maximum atomic E-state index is 12.7. The average Bonchev–Trinajstić information content (AvgIpc) is 2.61. The van der Waals surface area contributed by atoms with Crippen molar-refractivity contribution in [1.82, 2.24) is 10.6 Å². The van der Waals surface area contributed by atoms with Gasteiger partial charge in [0.1, 0.15) is 0 Å². The highest BCUT2D eigenvalue weighted by molar-refractivity contribution is 5.79. The van der Waals surface area contributed by atoms with Crippen LogP contribution in [0.5, 0.6) is 0 Å². The minimum atomic E-state index is -0.645. The molecule has 0 aliphatic heterocycles. The van der Waals surface area contributed by atoms with Gasteiger partial charge < -0.3 is 16.4 Å². The number of nitrogens with two attached hydrogens (primary N) is 1. The van der Waals surface area contributed by atoms with Crippen LogP contribution < -0.4 is 16.4 Å². The number of hydrogen-bond acceptors (Lipinski definition) is 2. The Morgan fingerprint density at radius 3 is 1.81 bits per heavy atom. The van der Waals surface area contributed by atoms with Crippen molar-refractivity contribution >= 4 is 11.9 Å². The van der Waals surface area contributed by atoms with E-state index < -0.39 is 12.1 Å². The molecule has 2 rings (SSSR count). The largest absolute Gasteiger partial charge is 0.352 e. The van der Waals surface area contributed by atoms with Gasteiger partial charge >= 0.3 is 6.03 Å². The summed E-state index contributed by atoms with van der Waals surface area (Å²) in [4.78, 5) is 24.0. The molecule has 2 atom stereocenters. The summed E-state index contributed by atoms with van der Waals surface area (Å²) < 4.78 is 0. The van der Waals surface area contributed by atoms with Gasteiger partial charge in [0.15, 0.2) is 0 Å². The summed E-state index contributed by atoms with van der Waals surface area (Å²) in [6.45, 7) is 4.26. The third kappa shape index (κ3) is 6.24. The first-order valence-corrected chi connectivity index (χ1v) is 8.91. The van der Waals surface area contributed by atoms with Crippen molar-refractivity contribution in [2.45, 2.75) is 38.8 Å². The van der Waals surface area contributed by atoms with E-state index in [1.165, 1.54) is 0 Å². The van der Waals surface area contributed by atoms with E-state index >= 15 is 0 Å². The first kappa shape index (κ1) is 19.5. The lowest BCUT2D eigenvalue weighted by molar-refractivity contribution is -0.122. The Morgan fingerprint density at radius 1 is 0.846 bits per heavy atom. The summed E-state index contributed by atoms with van der Waals surface area (Å²) in [6, 6.07) is 18.1. The highest BCUT2D eigenvalue weighted by Crippen LogP contribution is 2.22. The lowest BCUT2D eigenvalue weighted by atomic mass is 9.96. The fraction of sp³-hybridized carbons (Fsp3) is 0.333. The highest BCUT2D eigenvalue weighted by Gasteiger charge is 2.21. The minimum absolute atomic E-state index is 0.0614. The molecule has 138 valence electrons. The Kier molecular flexibility index (Phi) is 7.21. The Hall–Kier alpha value is -2.82. The fourth-order valence-corrected chi connectivity index (χ4v) is 2.98. The van der Waals surface area contributed by atoms with Crippen LogP contribution in [0.15, 0.2) is 60.7 Å². The van der Waals surface area contributed by atoms with Gasteiger partial charge in [-0.05, 0) is 23.5 Å². The number of benzene rings is 2. The number of hydrogen-bond donors (Lipinski definition) is 3. The number of carbonyl (C=O) groups is 2. The Bertz CT molecular complexity index is 702. The molecule has 3 amide bonds. The molecule has 2 aromatic carbocycles. The van der Waals surface area contributed by atoms with E-state index in [0.717, 1.165) is 17.5 Å². The van der Waals surface area contributed by atoms with Crippen molar-refractivity contribution < 1.29 is 9.59 Å². The van der Waals surface area contributed by atoms with Crippen LogP contribution >= 0.6 is 0 Å². The molecule has 0 saturated carbocycles. The van der Waals surface area contributed by atoms with Crippen molar-refractivity contribution in [3.8, 4) is 0 Å². The van der Waals surface area contributed by atoms with Crippen LogP contribution in [0.4, 0.5) is 4.79 Å². The molecule has 0 saturated heterocycles. The quantitative estimate of drug-likeness (QED) is 0.676. The minimum Gasteiger partial charge on any atom is -0.352 e. The van der Waals surface area contributed by atoms with Gasteiger partial charge in [-0.2, -0.15) is 0 Å². The SMILES string of the molecule is CC(C)CC(NC(=O)CC(NC(N)=O)c1ccccc1)c1ccccc1. The molecule has 0 aliphatic rings. The lowest BCUT2D eigenvalue weighted by Crippen LogP contribution is -2.37. The van der Waals surface area contributed by atoms with Crippen molar-refractivity contribution in [1.29, 1.82) is 0 Å². The first-order chi connectivity index (χ1) is 12.5. The zero-order chi connectivity index (χ0) is 18.9.